The first-order valence-electron chi connectivity index (χ1n) is 3.97. The third-order valence-corrected chi connectivity index (χ3v) is 1.49. The number of halogens is 1. The second-order valence-electron chi connectivity index (χ2n) is 2.07. The van der Waals surface area contributed by atoms with Gasteiger partial charge in [0.2, 0.25) is 0 Å². The number of aryl methyl sites for hydroxylation is 1. The summed E-state index contributed by atoms with van der Waals surface area (Å²) in [6, 6.07) is 2.89. The molecule has 0 atom stereocenters. The predicted molar refractivity (Wildman–Crippen MR) is 52.3 cm³/mol. The van der Waals surface area contributed by atoms with E-state index in [1.807, 2.05) is 13.8 Å². The van der Waals surface area contributed by atoms with Crippen LogP contribution in [-0.2, 0) is 0 Å². The number of aromatic nitrogens is 1. The van der Waals surface area contributed by atoms with Gasteiger partial charge in [0.15, 0.2) is 0 Å². The van der Waals surface area contributed by atoms with Gasteiger partial charge in [-0.2, -0.15) is 0 Å². The van der Waals surface area contributed by atoms with Gasteiger partial charge < -0.3 is 5.11 Å². The van der Waals surface area contributed by atoms with Crippen LogP contribution in [0.3, 0.4) is 0 Å². The molecule has 1 aromatic heterocycles. The zero-order valence-electron chi connectivity index (χ0n) is 7.84. The molecular formula is C9H12ClNO2. The SMILES string of the molecule is CC.Cc1nc(Cl)ccc1C(=O)O. The molecule has 1 N–H and O–H groups in total. The van der Waals surface area contributed by atoms with Crippen molar-refractivity contribution in [2.24, 2.45) is 0 Å². The van der Waals surface area contributed by atoms with Gasteiger partial charge in [-0.25, -0.2) is 9.78 Å². The highest BCUT2D eigenvalue weighted by atomic mass is 35.5. The highest BCUT2D eigenvalue weighted by Gasteiger charge is 2.06. The number of rotatable bonds is 1. The van der Waals surface area contributed by atoms with Gasteiger partial charge in [0.25, 0.3) is 0 Å². The van der Waals surface area contributed by atoms with Crippen LogP contribution in [0.4, 0.5) is 0 Å². The molecule has 0 fully saturated rings. The molecule has 0 aromatic carbocycles. The highest BCUT2D eigenvalue weighted by molar-refractivity contribution is 6.29. The van der Waals surface area contributed by atoms with Crippen molar-refractivity contribution in [2.45, 2.75) is 20.8 Å². The summed E-state index contributed by atoms with van der Waals surface area (Å²) >= 11 is 5.52. The molecule has 1 heterocycles. The predicted octanol–water partition coefficient (Wildman–Crippen LogP) is 2.77. The second-order valence-corrected chi connectivity index (χ2v) is 2.46. The average Bonchev–Trinajstić information content (AvgIpc) is 2.07. The van der Waals surface area contributed by atoms with Crippen molar-refractivity contribution in [1.29, 1.82) is 0 Å². The Morgan fingerprint density at radius 3 is 2.38 bits per heavy atom. The summed E-state index contributed by atoms with van der Waals surface area (Å²) in [6.07, 6.45) is 0. The lowest BCUT2D eigenvalue weighted by Gasteiger charge is -1.97. The lowest BCUT2D eigenvalue weighted by molar-refractivity contribution is 0.0695. The largest absolute Gasteiger partial charge is 0.478 e. The number of carbonyl (C=O) groups is 1. The van der Waals surface area contributed by atoms with Gasteiger partial charge in [0, 0.05) is 0 Å². The Labute approximate surface area is 82.4 Å². The third-order valence-electron chi connectivity index (χ3n) is 1.28. The molecule has 0 aliphatic carbocycles. The fourth-order valence-electron chi connectivity index (χ4n) is 0.756. The first-order chi connectivity index (χ1) is 6.11. The van der Waals surface area contributed by atoms with Gasteiger partial charge in [-0.1, -0.05) is 25.4 Å². The van der Waals surface area contributed by atoms with Crippen LogP contribution in [-0.4, -0.2) is 16.1 Å². The number of pyridine rings is 1. The summed E-state index contributed by atoms with van der Waals surface area (Å²) in [6.45, 7) is 5.61. The van der Waals surface area contributed by atoms with E-state index in [0.717, 1.165) is 0 Å². The van der Waals surface area contributed by atoms with Crippen LogP contribution in [0.1, 0.15) is 29.9 Å². The lowest BCUT2D eigenvalue weighted by atomic mass is 10.2. The molecule has 0 unspecified atom stereocenters. The van der Waals surface area contributed by atoms with Gasteiger partial charge in [-0.3, -0.25) is 0 Å². The molecule has 0 amide bonds. The Hall–Kier alpha value is -1.09. The van der Waals surface area contributed by atoms with Crippen LogP contribution in [0.25, 0.3) is 0 Å². The first-order valence-corrected chi connectivity index (χ1v) is 4.35. The van der Waals surface area contributed by atoms with E-state index < -0.39 is 5.97 Å². The van der Waals surface area contributed by atoms with Crippen molar-refractivity contribution in [1.82, 2.24) is 4.98 Å². The lowest BCUT2D eigenvalue weighted by Crippen LogP contribution is -2.00. The van der Waals surface area contributed by atoms with E-state index in [-0.39, 0.29) is 5.56 Å². The fourth-order valence-corrected chi connectivity index (χ4v) is 0.946. The molecule has 4 heteroatoms. The molecule has 0 bridgehead atoms. The number of nitrogens with zero attached hydrogens (tertiary/aromatic N) is 1. The van der Waals surface area contributed by atoms with Gasteiger partial charge in [-0.15, -0.1) is 0 Å². The van der Waals surface area contributed by atoms with Crippen molar-refractivity contribution in [3.8, 4) is 0 Å². The van der Waals surface area contributed by atoms with E-state index in [1.165, 1.54) is 12.1 Å². The summed E-state index contributed by atoms with van der Waals surface area (Å²) in [5, 5.41) is 8.89. The third kappa shape index (κ3) is 3.42. The Morgan fingerprint density at radius 2 is 2.00 bits per heavy atom. The molecule has 1 aromatic rings. The molecule has 3 nitrogen and oxygen atoms in total. The van der Waals surface area contributed by atoms with Crippen molar-refractivity contribution in [3.63, 3.8) is 0 Å². The standard InChI is InChI=1S/C7H6ClNO2.C2H6/c1-4-5(7(10)11)2-3-6(8)9-4;1-2/h2-3H,1H3,(H,10,11);1-2H3. The maximum Gasteiger partial charge on any atom is 0.337 e. The molecule has 0 radical (unpaired) electrons. The van der Waals surface area contributed by atoms with E-state index in [2.05, 4.69) is 4.98 Å². The van der Waals surface area contributed by atoms with Crippen molar-refractivity contribution >= 4 is 17.6 Å². The number of carboxylic acid groups (broad SMARTS) is 1. The molecule has 0 aliphatic heterocycles. The van der Waals surface area contributed by atoms with Crippen molar-refractivity contribution in [3.05, 3.63) is 28.5 Å². The van der Waals surface area contributed by atoms with Crippen LogP contribution in [0.15, 0.2) is 12.1 Å². The first kappa shape index (κ1) is 11.9. The quantitative estimate of drug-likeness (QED) is 0.711. The van der Waals surface area contributed by atoms with E-state index >= 15 is 0 Å². The Kier molecular flexibility index (Phi) is 5.07. The van der Waals surface area contributed by atoms with Gasteiger partial charge >= 0.3 is 5.97 Å². The Morgan fingerprint density at radius 1 is 1.46 bits per heavy atom. The van der Waals surface area contributed by atoms with Gasteiger partial charge in [0.1, 0.15) is 5.15 Å². The topological polar surface area (TPSA) is 50.2 Å². The number of carboxylic acids is 1. The summed E-state index contributed by atoms with van der Waals surface area (Å²) in [4.78, 5) is 14.2. The minimum absolute atomic E-state index is 0.189. The molecule has 0 saturated carbocycles. The Balaban J connectivity index is 0.000000671. The number of aromatic carboxylic acids is 1. The second kappa shape index (κ2) is 5.54. The average molecular weight is 202 g/mol. The van der Waals surface area contributed by atoms with E-state index in [4.69, 9.17) is 16.7 Å². The highest BCUT2D eigenvalue weighted by Crippen LogP contribution is 2.09. The van der Waals surface area contributed by atoms with E-state index in [9.17, 15) is 4.79 Å². The Bertz CT molecular complexity index is 300. The number of hydrogen-bond donors (Lipinski definition) is 1. The molecule has 0 spiro atoms. The summed E-state index contributed by atoms with van der Waals surface area (Å²) in [5.74, 6) is -0.980. The minimum atomic E-state index is -0.980. The molecule has 0 aliphatic rings. The fraction of sp³-hybridized carbons (Fsp3) is 0.333. The van der Waals surface area contributed by atoms with Gasteiger partial charge in [0.05, 0.1) is 11.3 Å². The van der Waals surface area contributed by atoms with Crippen LogP contribution >= 0.6 is 11.6 Å². The summed E-state index contributed by atoms with van der Waals surface area (Å²) < 4.78 is 0. The molecule has 72 valence electrons. The smallest absolute Gasteiger partial charge is 0.337 e. The summed E-state index contributed by atoms with van der Waals surface area (Å²) in [5.41, 5.74) is 0.624. The minimum Gasteiger partial charge on any atom is -0.478 e. The van der Waals surface area contributed by atoms with Crippen molar-refractivity contribution < 1.29 is 9.90 Å². The molecule has 0 saturated heterocycles. The van der Waals surface area contributed by atoms with E-state index in [1.54, 1.807) is 6.92 Å². The molecule has 13 heavy (non-hydrogen) atoms. The molecular weight excluding hydrogens is 190 g/mol. The number of hydrogen-bond acceptors (Lipinski definition) is 2. The van der Waals surface area contributed by atoms with Crippen molar-refractivity contribution in [2.75, 3.05) is 0 Å². The van der Waals surface area contributed by atoms with Crippen LogP contribution in [0, 0.1) is 6.92 Å². The summed E-state index contributed by atoms with van der Waals surface area (Å²) in [7, 11) is 0. The normalized spacial score (nSPS) is 8.62. The maximum absolute atomic E-state index is 10.4. The van der Waals surface area contributed by atoms with E-state index in [0.29, 0.717) is 10.8 Å². The van der Waals surface area contributed by atoms with Crippen LogP contribution in [0.2, 0.25) is 5.15 Å². The zero-order chi connectivity index (χ0) is 10.4. The monoisotopic (exact) mass is 201 g/mol. The molecule has 1 rings (SSSR count). The van der Waals surface area contributed by atoms with Gasteiger partial charge in [-0.05, 0) is 19.1 Å². The maximum atomic E-state index is 10.4. The van der Waals surface area contributed by atoms with Crippen LogP contribution < -0.4 is 0 Å². The zero-order valence-corrected chi connectivity index (χ0v) is 8.59. The van der Waals surface area contributed by atoms with Crippen LogP contribution in [0.5, 0.6) is 0 Å².